The molecule has 1 aliphatic rings. The van der Waals surface area contributed by atoms with E-state index in [4.69, 9.17) is 16.3 Å². The summed E-state index contributed by atoms with van der Waals surface area (Å²) in [6.07, 6.45) is 1.30. The van der Waals surface area contributed by atoms with Crippen LogP contribution in [-0.4, -0.2) is 42.5 Å². The fourth-order valence-corrected chi connectivity index (χ4v) is 1.87. The Morgan fingerprint density at radius 1 is 1.42 bits per heavy atom. The van der Waals surface area contributed by atoms with E-state index in [9.17, 15) is 15.2 Å². The molecule has 1 aromatic carbocycles. The van der Waals surface area contributed by atoms with Crippen molar-refractivity contribution in [2.24, 2.45) is 5.10 Å². The number of benzene rings is 1. The van der Waals surface area contributed by atoms with E-state index in [2.05, 4.69) is 5.10 Å². The van der Waals surface area contributed by atoms with Crippen molar-refractivity contribution in [1.82, 2.24) is 5.01 Å². The Kier molecular flexibility index (Phi) is 4.18. The molecule has 0 unspecified atom stereocenters. The van der Waals surface area contributed by atoms with E-state index in [0.717, 1.165) is 6.07 Å². The average Bonchev–Trinajstić information content (AvgIpc) is 2.40. The van der Waals surface area contributed by atoms with Gasteiger partial charge >= 0.3 is 0 Å². The van der Waals surface area contributed by atoms with E-state index in [1.54, 1.807) is 5.01 Å². The van der Waals surface area contributed by atoms with Crippen LogP contribution in [0, 0.1) is 10.1 Å². The summed E-state index contributed by atoms with van der Waals surface area (Å²) in [5, 5.41) is 28.5. The molecule has 1 saturated heterocycles. The Balaban J connectivity index is 2.24. The van der Waals surface area contributed by atoms with E-state index in [1.165, 1.54) is 12.3 Å². The maximum atomic E-state index is 11.8. The van der Waals surface area contributed by atoms with Crippen molar-refractivity contribution in [3.63, 3.8) is 0 Å². The van der Waals surface area contributed by atoms with Gasteiger partial charge in [-0.05, 0) is 17.4 Å². The SMILES string of the molecule is O=[N+]([O-])c1cc(Cl)cc(/C=N\N2CCOCC2)c1[O-]. The van der Waals surface area contributed by atoms with Crippen molar-refractivity contribution >= 4 is 23.5 Å². The highest BCUT2D eigenvalue weighted by Crippen LogP contribution is 2.30. The molecule has 0 bridgehead atoms. The standard InChI is InChI=1S/C11H12ClN3O4/c12-9-5-8(11(16)10(6-9)15(17)18)7-13-14-1-3-19-4-2-14/h5-7,16H,1-4H2/p-1/b13-7-. The summed E-state index contributed by atoms with van der Waals surface area (Å²) in [6.45, 7) is 2.37. The van der Waals surface area contributed by atoms with Crippen LogP contribution in [0.5, 0.6) is 5.75 Å². The predicted molar refractivity (Wildman–Crippen MR) is 67.5 cm³/mol. The van der Waals surface area contributed by atoms with Crippen LogP contribution in [0.25, 0.3) is 0 Å². The van der Waals surface area contributed by atoms with Gasteiger partial charge in [-0.2, -0.15) is 5.10 Å². The molecule has 0 atom stereocenters. The summed E-state index contributed by atoms with van der Waals surface area (Å²) in [5.74, 6) is -0.689. The van der Waals surface area contributed by atoms with Crippen molar-refractivity contribution in [3.05, 3.63) is 32.8 Å². The van der Waals surface area contributed by atoms with Crippen molar-refractivity contribution < 1.29 is 14.8 Å². The molecule has 0 aliphatic carbocycles. The molecule has 1 heterocycles. The number of hydrogen-bond acceptors (Lipinski definition) is 6. The first-order valence-electron chi connectivity index (χ1n) is 5.59. The van der Waals surface area contributed by atoms with E-state index >= 15 is 0 Å². The second kappa shape index (κ2) is 5.85. The number of rotatable bonds is 3. The van der Waals surface area contributed by atoms with Gasteiger partial charge in [0.15, 0.2) is 0 Å². The van der Waals surface area contributed by atoms with Gasteiger partial charge in [0.2, 0.25) is 0 Å². The maximum absolute atomic E-state index is 11.8. The van der Waals surface area contributed by atoms with Crippen LogP contribution in [0.3, 0.4) is 0 Å². The quantitative estimate of drug-likeness (QED) is 0.469. The monoisotopic (exact) mass is 284 g/mol. The lowest BCUT2D eigenvalue weighted by atomic mass is 10.2. The van der Waals surface area contributed by atoms with E-state index < -0.39 is 16.4 Å². The highest BCUT2D eigenvalue weighted by atomic mass is 35.5. The van der Waals surface area contributed by atoms with Gasteiger partial charge in [0.25, 0.3) is 5.69 Å². The minimum atomic E-state index is -0.750. The van der Waals surface area contributed by atoms with E-state index in [1.807, 2.05) is 0 Å². The fraction of sp³-hybridized carbons (Fsp3) is 0.364. The summed E-state index contributed by atoms with van der Waals surface area (Å²) in [6, 6.07) is 2.40. The molecule has 2 rings (SSSR count). The molecule has 0 saturated carbocycles. The highest BCUT2D eigenvalue weighted by Gasteiger charge is 2.12. The molecule has 102 valence electrons. The van der Waals surface area contributed by atoms with Crippen LogP contribution in [0.2, 0.25) is 5.02 Å². The lowest BCUT2D eigenvalue weighted by Gasteiger charge is -2.23. The van der Waals surface area contributed by atoms with Gasteiger partial charge in [0.05, 0.1) is 37.4 Å². The lowest BCUT2D eigenvalue weighted by molar-refractivity contribution is -0.398. The van der Waals surface area contributed by atoms with Crippen molar-refractivity contribution in [2.75, 3.05) is 26.3 Å². The third-order valence-electron chi connectivity index (χ3n) is 2.61. The van der Waals surface area contributed by atoms with E-state index in [0.29, 0.717) is 26.3 Å². The third-order valence-corrected chi connectivity index (χ3v) is 2.83. The van der Waals surface area contributed by atoms with Crippen LogP contribution < -0.4 is 5.11 Å². The second-order valence-electron chi connectivity index (χ2n) is 3.91. The summed E-state index contributed by atoms with van der Waals surface area (Å²) >= 11 is 5.75. The zero-order valence-corrected chi connectivity index (χ0v) is 10.7. The van der Waals surface area contributed by atoms with Crippen LogP contribution in [0.1, 0.15) is 5.56 Å². The number of ether oxygens (including phenoxy) is 1. The molecule has 0 aromatic heterocycles. The van der Waals surface area contributed by atoms with Crippen molar-refractivity contribution in [1.29, 1.82) is 0 Å². The number of nitro benzene ring substituents is 1. The van der Waals surface area contributed by atoms with Gasteiger partial charge in [-0.1, -0.05) is 11.6 Å². The Morgan fingerprint density at radius 3 is 2.74 bits per heavy atom. The molecular weight excluding hydrogens is 274 g/mol. The molecule has 0 amide bonds. The number of morpholine rings is 1. The van der Waals surface area contributed by atoms with Crippen LogP contribution in [0.15, 0.2) is 17.2 Å². The summed E-state index contributed by atoms with van der Waals surface area (Å²) in [5.41, 5.74) is -0.443. The first-order valence-corrected chi connectivity index (χ1v) is 5.97. The number of halogens is 1. The average molecular weight is 285 g/mol. The van der Waals surface area contributed by atoms with Gasteiger partial charge in [-0.3, -0.25) is 15.1 Å². The Morgan fingerprint density at radius 2 is 2.11 bits per heavy atom. The van der Waals surface area contributed by atoms with Gasteiger partial charge in [0.1, 0.15) is 0 Å². The minimum absolute atomic E-state index is 0.102. The molecular formula is C11H11ClN3O4-. The zero-order chi connectivity index (χ0) is 13.8. The van der Waals surface area contributed by atoms with Gasteiger partial charge in [-0.15, -0.1) is 0 Å². The molecule has 1 fully saturated rings. The largest absolute Gasteiger partial charge is 0.867 e. The predicted octanol–water partition coefficient (Wildman–Crippen LogP) is 0.988. The van der Waals surface area contributed by atoms with Crippen LogP contribution in [0.4, 0.5) is 5.69 Å². The highest BCUT2D eigenvalue weighted by molar-refractivity contribution is 6.31. The first kappa shape index (κ1) is 13.6. The lowest BCUT2D eigenvalue weighted by Crippen LogP contribution is -2.32. The van der Waals surface area contributed by atoms with Crippen LogP contribution >= 0.6 is 11.6 Å². The Hall–Kier alpha value is -1.86. The third kappa shape index (κ3) is 3.33. The fourth-order valence-electron chi connectivity index (χ4n) is 1.64. The molecule has 0 N–H and O–H groups in total. The Bertz CT molecular complexity index is 515. The number of hydrazone groups is 1. The van der Waals surface area contributed by atoms with Gasteiger partial charge < -0.3 is 9.84 Å². The molecule has 1 aliphatic heterocycles. The Labute approximate surface area is 114 Å². The molecule has 0 spiro atoms. The van der Waals surface area contributed by atoms with Crippen molar-refractivity contribution in [2.45, 2.75) is 0 Å². The molecule has 19 heavy (non-hydrogen) atoms. The number of hydrogen-bond donors (Lipinski definition) is 0. The molecule has 8 heteroatoms. The summed E-state index contributed by atoms with van der Waals surface area (Å²) in [7, 11) is 0. The number of nitro groups is 1. The van der Waals surface area contributed by atoms with Gasteiger partial charge in [-0.25, -0.2) is 0 Å². The smallest absolute Gasteiger partial charge is 0.263 e. The maximum Gasteiger partial charge on any atom is 0.263 e. The minimum Gasteiger partial charge on any atom is -0.867 e. The van der Waals surface area contributed by atoms with Gasteiger partial charge in [0, 0.05) is 11.1 Å². The van der Waals surface area contributed by atoms with E-state index in [-0.39, 0.29) is 10.6 Å². The van der Waals surface area contributed by atoms with Crippen LogP contribution in [-0.2, 0) is 4.74 Å². The zero-order valence-electron chi connectivity index (χ0n) is 9.91. The summed E-state index contributed by atoms with van der Waals surface area (Å²) < 4.78 is 5.16. The molecule has 1 aromatic rings. The number of nitrogens with zero attached hydrogens (tertiary/aromatic N) is 3. The summed E-state index contributed by atoms with van der Waals surface area (Å²) in [4.78, 5) is 9.96. The molecule has 0 radical (unpaired) electrons. The normalized spacial score (nSPS) is 15.9. The molecule has 7 nitrogen and oxygen atoms in total. The first-order chi connectivity index (χ1) is 9.08. The second-order valence-corrected chi connectivity index (χ2v) is 4.35. The topological polar surface area (TPSA) is 91.0 Å². The van der Waals surface area contributed by atoms with Crippen molar-refractivity contribution in [3.8, 4) is 5.75 Å².